The second kappa shape index (κ2) is 12.7. The van der Waals surface area contributed by atoms with Crippen molar-refractivity contribution in [1.29, 1.82) is 0 Å². The first kappa shape index (κ1) is 26.6. The lowest BCUT2D eigenvalue weighted by Gasteiger charge is -2.23. The fraction of sp³-hybridized carbons (Fsp3) is 0.433. The van der Waals surface area contributed by atoms with E-state index >= 15 is 0 Å². The topological polar surface area (TPSA) is 112 Å². The summed E-state index contributed by atoms with van der Waals surface area (Å²) >= 11 is 0. The Labute approximate surface area is 218 Å². The first-order chi connectivity index (χ1) is 17.9. The maximum absolute atomic E-state index is 12.8. The van der Waals surface area contributed by atoms with Gasteiger partial charge in [-0.05, 0) is 97.9 Å². The summed E-state index contributed by atoms with van der Waals surface area (Å²) in [5, 5.41) is 31.2. The Bertz CT molecular complexity index is 1150. The number of aromatic hydroxyl groups is 2. The molecule has 1 saturated carbocycles. The van der Waals surface area contributed by atoms with Crippen LogP contribution in [-0.4, -0.2) is 45.4 Å². The first-order valence-electron chi connectivity index (χ1n) is 13.1. The highest BCUT2D eigenvalue weighted by Gasteiger charge is 2.24. The number of nitrogens with one attached hydrogen (secondary N) is 1. The van der Waals surface area contributed by atoms with E-state index in [-0.39, 0.29) is 35.7 Å². The van der Waals surface area contributed by atoms with Gasteiger partial charge in [-0.2, -0.15) is 0 Å². The summed E-state index contributed by atoms with van der Waals surface area (Å²) in [5.41, 5.74) is 2.91. The quantitative estimate of drug-likeness (QED) is 0.256. The average Bonchev–Trinajstić information content (AvgIpc) is 3.59. The molecule has 0 amide bonds. The fourth-order valence-electron chi connectivity index (χ4n) is 5.06. The van der Waals surface area contributed by atoms with Crippen LogP contribution in [0.3, 0.4) is 0 Å². The van der Waals surface area contributed by atoms with Gasteiger partial charge in [0.15, 0.2) is 23.0 Å². The molecule has 0 radical (unpaired) electrons. The summed E-state index contributed by atoms with van der Waals surface area (Å²) < 4.78 is 11.2. The molecule has 0 spiro atoms. The summed E-state index contributed by atoms with van der Waals surface area (Å²) in [6, 6.07) is 12.4. The second-order valence-corrected chi connectivity index (χ2v) is 10.0. The number of aryl methyl sites for hydroxylation is 1. The molecule has 1 heterocycles. The zero-order valence-electron chi connectivity index (χ0n) is 21.4. The van der Waals surface area contributed by atoms with Crippen LogP contribution < -0.4 is 9.47 Å². The number of rotatable bonds is 13. The number of phenols is 2. The maximum Gasteiger partial charge on any atom is 0.161 e. The fourth-order valence-corrected chi connectivity index (χ4v) is 5.06. The standard InChI is InChI=1S/C30H37NO6/c1-36-29-16-20(7-10-26(29)33)6-9-24(32)18-28(35)23(15-22-12-13-31-19-22)14-21-8-11-27(34)30(17-21)37-25-4-2-3-5-25/h7-8,10-13,16-17,19,23,25,28,31,33-35H,2-6,9,14-15,18H2,1H3/t23-,28+/m0/s1. The van der Waals surface area contributed by atoms with Gasteiger partial charge in [-0.3, -0.25) is 4.79 Å². The summed E-state index contributed by atoms with van der Waals surface area (Å²) in [7, 11) is 1.49. The average molecular weight is 508 g/mol. The molecular formula is C30H37NO6. The number of carbonyl (C=O) groups excluding carboxylic acids is 1. The number of carbonyl (C=O) groups is 1. The molecule has 1 aliphatic carbocycles. The second-order valence-electron chi connectivity index (χ2n) is 10.0. The number of aromatic amines is 1. The monoisotopic (exact) mass is 507 g/mol. The Kier molecular flexibility index (Phi) is 9.12. The van der Waals surface area contributed by atoms with E-state index in [4.69, 9.17) is 9.47 Å². The molecule has 0 unspecified atom stereocenters. The molecule has 37 heavy (non-hydrogen) atoms. The van der Waals surface area contributed by atoms with Crippen molar-refractivity contribution in [3.05, 3.63) is 71.5 Å². The van der Waals surface area contributed by atoms with Crippen LogP contribution in [0.15, 0.2) is 54.9 Å². The van der Waals surface area contributed by atoms with Gasteiger partial charge in [-0.15, -0.1) is 0 Å². The number of phenolic OH excluding ortho intramolecular Hbond substituents is 2. The predicted octanol–water partition coefficient (Wildman–Crippen LogP) is 5.11. The van der Waals surface area contributed by atoms with E-state index in [1.54, 1.807) is 24.3 Å². The third-order valence-electron chi connectivity index (χ3n) is 7.20. The Morgan fingerprint density at radius 1 is 0.973 bits per heavy atom. The Hall–Kier alpha value is -3.45. The third-order valence-corrected chi connectivity index (χ3v) is 7.20. The predicted molar refractivity (Wildman–Crippen MR) is 141 cm³/mol. The molecule has 4 N–H and O–H groups in total. The van der Waals surface area contributed by atoms with Crippen LogP contribution in [0.2, 0.25) is 0 Å². The highest BCUT2D eigenvalue weighted by Crippen LogP contribution is 2.33. The van der Waals surface area contributed by atoms with E-state index in [1.807, 2.05) is 30.6 Å². The van der Waals surface area contributed by atoms with E-state index in [2.05, 4.69) is 4.98 Å². The Balaban J connectivity index is 1.40. The van der Waals surface area contributed by atoms with Crippen LogP contribution in [0.25, 0.3) is 0 Å². The van der Waals surface area contributed by atoms with Gasteiger partial charge in [0.2, 0.25) is 0 Å². The van der Waals surface area contributed by atoms with E-state index in [9.17, 15) is 20.1 Å². The minimum atomic E-state index is -0.815. The number of benzene rings is 2. The molecule has 1 fully saturated rings. The maximum atomic E-state index is 12.8. The molecule has 198 valence electrons. The highest BCUT2D eigenvalue weighted by molar-refractivity contribution is 5.79. The van der Waals surface area contributed by atoms with Crippen LogP contribution >= 0.6 is 0 Å². The van der Waals surface area contributed by atoms with Crippen molar-refractivity contribution in [1.82, 2.24) is 4.98 Å². The lowest BCUT2D eigenvalue weighted by atomic mass is 9.86. The number of ether oxygens (including phenoxy) is 2. The van der Waals surface area contributed by atoms with E-state index in [1.165, 1.54) is 7.11 Å². The first-order valence-corrected chi connectivity index (χ1v) is 13.1. The van der Waals surface area contributed by atoms with Crippen LogP contribution in [0, 0.1) is 5.92 Å². The van der Waals surface area contributed by atoms with Crippen molar-refractivity contribution < 1.29 is 29.6 Å². The van der Waals surface area contributed by atoms with Crippen molar-refractivity contribution >= 4 is 5.78 Å². The smallest absolute Gasteiger partial charge is 0.161 e. The molecule has 7 nitrogen and oxygen atoms in total. The summed E-state index contributed by atoms with van der Waals surface area (Å²) in [6.07, 6.45) is 9.39. The van der Waals surface area contributed by atoms with Crippen molar-refractivity contribution in [3.8, 4) is 23.0 Å². The van der Waals surface area contributed by atoms with Gasteiger partial charge in [0, 0.05) is 25.2 Å². The number of aliphatic hydroxyl groups excluding tert-OH is 1. The van der Waals surface area contributed by atoms with Crippen molar-refractivity contribution in [2.45, 2.75) is 70.0 Å². The van der Waals surface area contributed by atoms with E-state index in [0.717, 1.165) is 42.4 Å². The number of methoxy groups -OCH3 is 1. The number of ketones is 1. The molecule has 1 aromatic heterocycles. The van der Waals surface area contributed by atoms with Crippen LogP contribution in [-0.2, 0) is 24.1 Å². The van der Waals surface area contributed by atoms with E-state index in [0.29, 0.717) is 37.2 Å². The van der Waals surface area contributed by atoms with Gasteiger partial charge >= 0.3 is 0 Å². The molecular weight excluding hydrogens is 470 g/mol. The molecule has 1 aliphatic rings. The zero-order chi connectivity index (χ0) is 26.2. The number of hydrogen-bond acceptors (Lipinski definition) is 6. The van der Waals surface area contributed by atoms with Gasteiger partial charge < -0.3 is 29.8 Å². The molecule has 0 bridgehead atoms. The minimum absolute atomic E-state index is 0.0189. The van der Waals surface area contributed by atoms with E-state index < -0.39 is 6.10 Å². The zero-order valence-corrected chi connectivity index (χ0v) is 21.4. The van der Waals surface area contributed by atoms with Crippen molar-refractivity contribution in [2.24, 2.45) is 5.92 Å². The molecule has 4 rings (SSSR count). The minimum Gasteiger partial charge on any atom is -0.504 e. The molecule has 7 heteroatoms. The number of aliphatic hydroxyl groups is 1. The highest BCUT2D eigenvalue weighted by atomic mass is 16.5. The molecule has 0 aliphatic heterocycles. The van der Waals surface area contributed by atoms with Crippen molar-refractivity contribution in [3.63, 3.8) is 0 Å². The van der Waals surface area contributed by atoms with Crippen LogP contribution in [0.5, 0.6) is 23.0 Å². The van der Waals surface area contributed by atoms with Crippen molar-refractivity contribution in [2.75, 3.05) is 7.11 Å². The third kappa shape index (κ3) is 7.52. The number of hydrogen-bond donors (Lipinski definition) is 4. The SMILES string of the molecule is COc1cc(CCC(=O)C[C@@H](O)[C@H](Cc2cc[nH]c2)Cc2ccc(O)c(OC3CCCC3)c2)ccc1O. The largest absolute Gasteiger partial charge is 0.504 e. The number of Topliss-reactive ketones (excluding diaryl/α,β-unsaturated/α-hetero) is 1. The van der Waals surface area contributed by atoms with Gasteiger partial charge in [0.25, 0.3) is 0 Å². The number of H-pyrrole nitrogens is 1. The van der Waals surface area contributed by atoms with Gasteiger partial charge in [0.05, 0.1) is 19.3 Å². The van der Waals surface area contributed by atoms with Gasteiger partial charge in [-0.25, -0.2) is 0 Å². The van der Waals surface area contributed by atoms with Crippen LogP contribution in [0.1, 0.15) is 55.2 Å². The normalized spacial score (nSPS) is 15.4. The Morgan fingerprint density at radius 3 is 2.35 bits per heavy atom. The molecule has 3 aromatic rings. The van der Waals surface area contributed by atoms with Crippen LogP contribution in [0.4, 0.5) is 0 Å². The lowest BCUT2D eigenvalue weighted by molar-refractivity contribution is -0.121. The summed E-state index contributed by atoms with van der Waals surface area (Å²) in [4.78, 5) is 15.9. The lowest BCUT2D eigenvalue weighted by Crippen LogP contribution is -2.27. The molecule has 0 saturated heterocycles. The van der Waals surface area contributed by atoms with Gasteiger partial charge in [0.1, 0.15) is 5.78 Å². The Morgan fingerprint density at radius 2 is 1.65 bits per heavy atom. The molecule has 2 atom stereocenters. The number of aromatic nitrogens is 1. The summed E-state index contributed by atoms with van der Waals surface area (Å²) in [6.45, 7) is 0. The van der Waals surface area contributed by atoms with Gasteiger partial charge in [-0.1, -0.05) is 12.1 Å². The summed E-state index contributed by atoms with van der Waals surface area (Å²) in [5.74, 6) is 0.847. The molecule has 2 aromatic carbocycles.